The number of esters is 1. The molecular weight excluding hydrogens is 460 g/mol. The number of ether oxygens (including phenoxy) is 2. The van der Waals surface area contributed by atoms with Crippen molar-refractivity contribution in [3.05, 3.63) is 83.6 Å². The van der Waals surface area contributed by atoms with Gasteiger partial charge in [-0.2, -0.15) is 0 Å². The van der Waals surface area contributed by atoms with E-state index in [1.54, 1.807) is 79.6 Å². The first-order valence-electron chi connectivity index (χ1n) is 11.7. The van der Waals surface area contributed by atoms with E-state index in [0.29, 0.717) is 60.9 Å². The SMILES string of the molecule is CCOC(=O)c1ccc(N2CCN(C(=O)c3ccccc3NC(=O)c3ccc(OC)cc3)CC2)nc1. The third kappa shape index (κ3) is 5.63. The summed E-state index contributed by atoms with van der Waals surface area (Å²) >= 11 is 0. The number of hydrogen-bond donors (Lipinski definition) is 1. The molecule has 0 atom stereocenters. The molecule has 1 aliphatic heterocycles. The number of methoxy groups -OCH3 is 1. The van der Waals surface area contributed by atoms with Gasteiger partial charge in [-0.3, -0.25) is 9.59 Å². The predicted molar refractivity (Wildman–Crippen MR) is 136 cm³/mol. The number of rotatable bonds is 7. The lowest BCUT2D eigenvalue weighted by Gasteiger charge is -2.35. The summed E-state index contributed by atoms with van der Waals surface area (Å²) < 4.78 is 10.1. The van der Waals surface area contributed by atoms with Gasteiger partial charge in [-0.15, -0.1) is 0 Å². The summed E-state index contributed by atoms with van der Waals surface area (Å²) in [6.07, 6.45) is 1.51. The van der Waals surface area contributed by atoms with Crippen molar-refractivity contribution in [1.29, 1.82) is 0 Å². The molecule has 9 nitrogen and oxygen atoms in total. The number of benzene rings is 2. The van der Waals surface area contributed by atoms with Crippen LogP contribution in [0.5, 0.6) is 5.75 Å². The van der Waals surface area contributed by atoms with Gasteiger partial charge in [0, 0.05) is 37.9 Å². The van der Waals surface area contributed by atoms with Gasteiger partial charge < -0.3 is 24.6 Å². The number of amides is 2. The molecule has 2 heterocycles. The summed E-state index contributed by atoms with van der Waals surface area (Å²) in [5, 5.41) is 2.86. The summed E-state index contributed by atoms with van der Waals surface area (Å²) in [6.45, 7) is 4.26. The fourth-order valence-electron chi connectivity index (χ4n) is 3.93. The van der Waals surface area contributed by atoms with Crippen molar-refractivity contribution in [3.63, 3.8) is 0 Å². The van der Waals surface area contributed by atoms with Crippen LogP contribution in [0.25, 0.3) is 0 Å². The van der Waals surface area contributed by atoms with E-state index in [-0.39, 0.29) is 11.8 Å². The lowest BCUT2D eigenvalue weighted by atomic mass is 10.1. The summed E-state index contributed by atoms with van der Waals surface area (Å²) in [6, 6.07) is 17.2. The van der Waals surface area contributed by atoms with Crippen molar-refractivity contribution >= 4 is 29.3 Å². The van der Waals surface area contributed by atoms with E-state index in [1.807, 2.05) is 0 Å². The van der Waals surface area contributed by atoms with Gasteiger partial charge in [0.05, 0.1) is 30.5 Å². The summed E-state index contributed by atoms with van der Waals surface area (Å²) in [4.78, 5) is 46.1. The van der Waals surface area contributed by atoms with Crippen molar-refractivity contribution in [2.24, 2.45) is 0 Å². The van der Waals surface area contributed by atoms with Crippen molar-refractivity contribution in [2.45, 2.75) is 6.92 Å². The highest BCUT2D eigenvalue weighted by molar-refractivity contribution is 6.09. The molecule has 0 saturated carbocycles. The average molecular weight is 489 g/mol. The monoisotopic (exact) mass is 488 g/mol. The molecule has 2 aromatic carbocycles. The number of pyridine rings is 1. The molecule has 0 radical (unpaired) electrons. The second-order valence-electron chi connectivity index (χ2n) is 8.13. The quantitative estimate of drug-likeness (QED) is 0.508. The third-order valence-corrected chi connectivity index (χ3v) is 5.91. The minimum atomic E-state index is -0.398. The first-order chi connectivity index (χ1) is 17.5. The van der Waals surface area contributed by atoms with Crippen molar-refractivity contribution in [1.82, 2.24) is 9.88 Å². The lowest BCUT2D eigenvalue weighted by molar-refractivity contribution is 0.0525. The number of aromatic nitrogens is 1. The van der Waals surface area contributed by atoms with Crippen molar-refractivity contribution in [2.75, 3.05) is 50.1 Å². The zero-order valence-corrected chi connectivity index (χ0v) is 20.3. The first kappa shape index (κ1) is 24.7. The van der Waals surface area contributed by atoms with Crippen LogP contribution in [0.1, 0.15) is 38.0 Å². The maximum Gasteiger partial charge on any atom is 0.339 e. The Morgan fingerprint density at radius 3 is 2.25 bits per heavy atom. The molecule has 2 amide bonds. The molecule has 36 heavy (non-hydrogen) atoms. The molecule has 186 valence electrons. The Bertz CT molecular complexity index is 1220. The van der Waals surface area contributed by atoms with E-state index in [2.05, 4.69) is 15.2 Å². The molecule has 0 unspecified atom stereocenters. The van der Waals surface area contributed by atoms with E-state index in [9.17, 15) is 14.4 Å². The standard InChI is InChI=1S/C27H28N4O5/c1-3-36-27(34)20-10-13-24(28-18-20)30-14-16-31(17-15-30)26(33)22-6-4-5-7-23(22)29-25(32)19-8-11-21(35-2)12-9-19/h4-13,18H,3,14-17H2,1-2H3,(H,29,32). The Hall–Kier alpha value is -4.40. The number of nitrogens with zero attached hydrogens (tertiary/aromatic N) is 3. The van der Waals surface area contributed by atoms with Gasteiger partial charge in [0.25, 0.3) is 11.8 Å². The number of para-hydroxylation sites is 1. The molecule has 1 fully saturated rings. The number of hydrogen-bond acceptors (Lipinski definition) is 7. The van der Waals surface area contributed by atoms with Crippen LogP contribution in [0.2, 0.25) is 0 Å². The largest absolute Gasteiger partial charge is 0.497 e. The minimum Gasteiger partial charge on any atom is -0.497 e. The van der Waals surface area contributed by atoms with Gasteiger partial charge in [-0.25, -0.2) is 9.78 Å². The highest BCUT2D eigenvalue weighted by Crippen LogP contribution is 2.21. The van der Waals surface area contributed by atoms with E-state index < -0.39 is 5.97 Å². The first-order valence-corrected chi connectivity index (χ1v) is 11.7. The Balaban J connectivity index is 1.39. The lowest BCUT2D eigenvalue weighted by Crippen LogP contribution is -2.49. The highest BCUT2D eigenvalue weighted by atomic mass is 16.5. The molecule has 1 aromatic heterocycles. The van der Waals surface area contributed by atoms with E-state index in [1.165, 1.54) is 6.20 Å². The van der Waals surface area contributed by atoms with Crippen molar-refractivity contribution < 1.29 is 23.9 Å². The zero-order chi connectivity index (χ0) is 25.5. The molecule has 0 bridgehead atoms. The molecule has 1 saturated heterocycles. The predicted octanol–water partition coefficient (Wildman–Crippen LogP) is 3.48. The molecule has 1 N–H and O–H groups in total. The van der Waals surface area contributed by atoms with Gasteiger partial charge in [0.2, 0.25) is 0 Å². The second kappa shape index (κ2) is 11.4. The molecular formula is C27H28N4O5. The average Bonchev–Trinajstić information content (AvgIpc) is 2.93. The van der Waals surface area contributed by atoms with Crippen LogP contribution in [0.15, 0.2) is 66.9 Å². The molecule has 0 aliphatic carbocycles. The van der Waals surface area contributed by atoms with Gasteiger partial charge in [0.15, 0.2) is 0 Å². The van der Waals surface area contributed by atoms with Crippen LogP contribution in [0.3, 0.4) is 0 Å². The minimum absolute atomic E-state index is 0.147. The molecule has 4 rings (SSSR count). The van der Waals surface area contributed by atoms with Crippen LogP contribution in [0, 0.1) is 0 Å². The van der Waals surface area contributed by atoms with Crippen LogP contribution in [0.4, 0.5) is 11.5 Å². The fourth-order valence-corrected chi connectivity index (χ4v) is 3.93. The van der Waals surface area contributed by atoms with Crippen LogP contribution >= 0.6 is 0 Å². The van der Waals surface area contributed by atoms with E-state index >= 15 is 0 Å². The van der Waals surface area contributed by atoms with Crippen LogP contribution in [-0.2, 0) is 4.74 Å². The molecule has 3 aromatic rings. The molecule has 1 aliphatic rings. The maximum absolute atomic E-state index is 13.3. The van der Waals surface area contributed by atoms with Crippen molar-refractivity contribution in [3.8, 4) is 5.75 Å². The van der Waals surface area contributed by atoms with Gasteiger partial charge in [-0.05, 0) is 55.5 Å². The van der Waals surface area contributed by atoms with Gasteiger partial charge >= 0.3 is 5.97 Å². The number of piperazine rings is 1. The van der Waals surface area contributed by atoms with E-state index in [0.717, 1.165) is 5.82 Å². The fraction of sp³-hybridized carbons (Fsp3) is 0.259. The van der Waals surface area contributed by atoms with E-state index in [4.69, 9.17) is 9.47 Å². The zero-order valence-electron chi connectivity index (χ0n) is 20.3. The summed E-state index contributed by atoms with van der Waals surface area (Å²) in [5.74, 6) is 0.546. The number of anilines is 2. The number of carbonyl (C=O) groups excluding carboxylic acids is 3. The van der Waals surface area contributed by atoms with Crippen LogP contribution < -0.4 is 15.0 Å². The highest BCUT2D eigenvalue weighted by Gasteiger charge is 2.25. The molecule has 9 heteroatoms. The number of carbonyl (C=O) groups is 3. The smallest absolute Gasteiger partial charge is 0.339 e. The Kier molecular flexibility index (Phi) is 7.79. The number of nitrogens with one attached hydrogen (secondary N) is 1. The second-order valence-corrected chi connectivity index (χ2v) is 8.13. The Morgan fingerprint density at radius 1 is 0.917 bits per heavy atom. The van der Waals surface area contributed by atoms with Gasteiger partial charge in [-0.1, -0.05) is 12.1 Å². The normalized spacial score (nSPS) is 13.2. The topological polar surface area (TPSA) is 101 Å². The maximum atomic E-state index is 13.3. The Labute approximate surface area is 209 Å². The van der Waals surface area contributed by atoms with Crippen LogP contribution in [-0.4, -0.2) is 67.6 Å². The summed E-state index contributed by atoms with van der Waals surface area (Å²) in [5.41, 5.74) is 1.77. The van der Waals surface area contributed by atoms with Gasteiger partial charge in [0.1, 0.15) is 11.6 Å². The summed E-state index contributed by atoms with van der Waals surface area (Å²) in [7, 11) is 1.56. The Morgan fingerprint density at radius 2 is 1.61 bits per heavy atom. The third-order valence-electron chi connectivity index (χ3n) is 5.91. The molecule has 0 spiro atoms.